The maximum absolute atomic E-state index is 13.7. The molecule has 6 heteroatoms. The Balaban J connectivity index is 2.38. The molecule has 0 amide bonds. The van der Waals surface area contributed by atoms with Gasteiger partial charge in [-0.3, -0.25) is 0 Å². The van der Waals surface area contributed by atoms with Crippen molar-refractivity contribution in [1.82, 2.24) is 0 Å². The molecule has 1 nitrogen and oxygen atoms in total. The van der Waals surface area contributed by atoms with Crippen molar-refractivity contribution in [2.45, 2.75) is 5.33 Å². The van der Waals surface area contributed by atoms with Crippen molar-refractivity contribution < 1.29 is 17.9 Å². The molecule has 0 N–H and O–H groups in total. The largest absolute Gasteiger partial charge is 0.450 e. The van der Waals surface area contributed by atoms with Gasteiger partial charge < -0.3 is 4.74 Å². The zero-order chi connectivity index (χ0) is 14.0. The van der Waals surface area contributed by atoms with Crippen LogP contribution in [-0.2, 0) is 5.33 Å². The first kappa shape index (κ1) is 14.2. The summed E-state index contributed by atoms with van der Waals surface area (Å²) in [6, 6.07) is 5.58. The fraction of sp³-hybridized carbons (Fsp3) is 0.0769. The second kappa shape index (κ2) is 5.84. The first-order valence-corrected chi connectivity index (χ1v) is 6.68. The molecule has 2 aromatic carbocycles. The van der Waals surface area contributed by atoms with E-state index in [1.165, 1.54) is 6.07 Å². The molecule has 0 fully saturated rings. The summed E-state index contributed by atoms with van der Waals surface area (Å²) in [6.07, 6.45) is 0. The fourth-order valence-electron chi connectivity index (χ4n) is 1.45. The Morgan fingerprint density at radius 1 is 1.05 bits per heavy atom. The van der Waals surface area contributed by atoms with Gasteiger partial charge in [-0.2, -0.15) is 0 Å². The molecule has 2 aromatic rings. The van der Waals surface area contributed by atoms with E-state index in [0.717, 1.165) is 24.3 Å². The number of rotatable bonds is 3. The van der Waals surface area contributed by atoms with Gasteiger partial charge in [-0.1, -0.05) is 27.5 Å². The van der Waals surface area contributed by atoms with Crippen LogP contribution in [0.5, 0.6) is 11.5 Å². The zero-order valence-electron chi connectivity index (χ0n) is 9.39. The maximum atomic E-state index is 13.7. The van der Waals surface area contributed by atoms with E-state index in [0.29, 0.717) is 10.9 Å². The summed E-state index contributed by atoms with van der Waals surface area (Å²) < 4.78 is 45.3. The molecule has 0 aliphatic carbocycles. The van der Waals surface area contributed by atoms with E-state index in [9.17, 15) is 13.2 Å². The summed E-state index contributed by atoms with van der Waals surface area (Å²) in [5.74, 6) is -2.86. The highest BCUT2D eigenvalue weighted by Gasteiger charge is 2.15. The Hall–Kier alpha value is -1.20. The topological polar surface area (TPSA) is 9.23 Å². The number of ether oxygens (including phenoxy) is 1. The van der Waals surface area contributed by atoms with E-state index < -0.39 is 23.2 Å². The molecule has 0 saturated heterocycles. The number of hydrogen-bond donors (Lipinski definition) is 0. The number of halogens is 5. The smallest absolute Gasteiger partial charge is 0.198 e. The third kappa shape index (κ3) is 3.22. The Bertz CT molecular complexity index is 596. The SMILES string of the molecule is Fc1ccc(Oc2c(F)cc(CBr)cc2F)c(Cl)c1. The average molecular weight is 352 g/mol. The van der Waals surface area contributed by atoms with Gasteiger partial charge in [0.15, 0.2) is 17.4 Å². The van der Waals surface area contributed by atoms with Gasteiger partial charge >= 0.3 is 0 Å². The quantitative estimate of drug-likeness (QED) is 0.669. The standard InChI is InChI=1S/C13H7BrClF3O/c14-6-7-3-10(17)13(11(18)4-7)19-12-2-1-8(16)5-9(12)15/h1-5H,6H2. The average Bonchev–Trinajstić information content (AvgIpc) is 2.35. The highest BCUT2D eigenvalue weighted by atomic mass is 79.9. The molecule has 2 rings (SSSR count). The normalized spacial score (nSPS) is 10.6. The minimum atomic E-state index is -0.852. The van der Waals surface area contributed by atoms with E-state index in [1.807, 2.05) is 0 Å². The van der Waals surface area contributed by atoms with Crippen LogP contribution in [0.1, 0.15) is 5.56 Å². The molecule has 0 aliphatic heterocycles. The van der Waals surface area contributed by atoms with E-state index in [1.54, 1.807) is 0 Å². The summed E-state index contributed by atoms with van der Waals surface area (Å²) >= 11 is 8.83. The van der Waals surface area contributed by atoms with Crippen molar-refractivity contribution in [2.24, 2.45) is 0 Å². The maximum Gasteiger partial charge on any atom is 0.198 e. The highest BCUT2D eigenvalue weighted by Crippen LogP contribution is 2.33. The first-order chi connectivity index (χ1) is 9.01. The Morgan fingerprint density at radius 3 is 2.21 bits per heavy atom. The molecule has 100 valence electrons. The van der Waals surface area contributed by atoms with Crippen molar-refractivity contribution in [2.75, 3.05) is 0 Å². The molecule has 0 spiro atoms. The number of hydrogen-bond acceptors (Lipinski definition) is 1. The Labute approximate surface area is 121 Å². The van der Waals surface area contributed by atoms with Crippen LogP contribution < -0.4 is 4.74 Å². The Kier molecular flexibility index (Phi) is 4.37. The van der Waals surface area contributed by atoms with Crippen molar-refractivity contribution in [3.63, 3.8) is 0 Å². The highest BCUT2D eigenvalue weighted by molar-refractivity contribution is 9.08. The predicted octanol–water partition coefficient (Wildman–Crippen LogP) is 5.44. The number of alkyl halides is 1. The lowest BCUT2D eigenvalue weighted by atomic mass is 10.2. The van der Waals surface area contributed by atoms with E-state index in [2.05, 4.69) is 15.9 Å². The van der Waals surface area contributed by atoms with Gasteiger partial charge in [0, 0.05) is 5.33 Å². The van der Waals surface area contributed by atoms with Crippen LogP contribution in [0.2, 0.25) is 5.02 Å². The fourth-order valence-corrected chi connectivity index (χ4v) is 1.98. The van der Waals surface area contributed by atoms with Gasteiger partial charge in [0.1, 0.15) is 11.6 Å². The summed E-state index contributed by atoms with van der Waals surface area (Å²) in [5, 5.41) is 0.252. The van der Waals surface area contributed by atoms with Crippen LogP contribution >= 0.6 is 27.5 Å². The summed E-state index contributed by atoms with van der Waals surface area (Å²) in [7, 11) is 0. The van der Waals surface area contributed by atoms with Crippen LogP contribution in [0.3, 0.4) is 0 Å². The summed E-state index contributed by atoms with van der Waals surface area (Å²) in [6.45, 7) is 0. The summed E-state index contributed by atoms with van der Waals surface area (Å²) in [5.41, 5.74) is 0.438. The molecule has 0 unspecified atom stereocenters. The van der Waals surface area contributed by atoms with Gasteiger partial charge in [0.25, 0.3) is 0 Å². The van der Waals surface area contributed by atoms with Crippen LogP contribution in [-0.4, -0.2) is 0 Å². The van der Waals surface area contributed by atoms with Gasteiger partial charge in [0.2, 0.25) is 0 Å². The monoisotopic (exact) mass is 350 g/mol. The van der Waals surface area contributed by atoms with E-state index in [4.69, 9.17) is 16.3 Å². The second-order valence-electron chi connectivity index (χ2n) is 3.70. The van der Waals surface area contributed by atoms with Crippen LogP contribution in [0.4, 0.5) is 13.2 Å². The van der Waals surface area contributed by atoms with Crippen molar-refractivity contribution >= 4 is 27.5 Å². The van der Waals surface area contributed by atoms with Gasteiger partial charge in [-0.25, -0.2) is 13.2 Å². The number of benzene rings is 2. The lowest BCUT2D eigenvalue weighted by Gasteiger charge is -2.10. The zero-order valence-corrected chi connectivity index (χ0v) is 11.7. The predicted molar refractivity (Wildman–Crippen MR) is 70.5 cm³/mol. The van der Waals surface area contributed by atoms with Gasteiger partial charge in [0.05, 0.1) is 5.02 Å². The molecule has 0 radical (unpaired) electrons. The van der Waals surface area contributed by atoms with Crippen molar-refractivity contribution in [3.8, 4) is 11.5 Å². The van der Waals surface area contributed by atoms with Crippen molar-refractivity contribution in [3.05, 3.63) is 58.4 Å². The molecule has 0 bridgehead atoms. The molecule has 19 heavy (non-hydrogen) atoms. The van der Waals surface area contributed by atoms with E-state index >= 15 is 0 Å². The molecule has 0 atom stereocenters. The molecular weight excluding hydrogens is 344 g/mol. The van der Waals surface area contributed by atoms with Gasteiger partial charge in [-0.05, 0) is 35.9 Å². The third-order valence-electron chi connectivity index (χ3n) is 2.32. The molecular formula is C13H7BrClF3O. The minimum absolute atomic E-state index is 0.0209. The lowest BCUT2D eigenvalue weighted by molar-refractivity contribution is 0.406. The second-order valence-corrected chi connectivity index (χ2v) is 4.67. The van der Waals surface area contributed by atoms with Crippen molar-refractivity contribution in [1.29, 1.82) is 0 Å². The van der Waals surface area contributed by atoms with Crippen LogP contribution in [0.25, 0.3) is 0 Å². The minimum Gasteiger partial charge on any atom is -0.450 e. The van der Waals surface area contributed by atoms with E-state index in [-0.39, 0.29) is 10.8 Å². The van der Waals surface area contributed by atoms with Crippen LogP contribution in [0, 0.1) is 17.5 Å². The van der Waals surface area contributed by atoms with Crippen LogP contribution in [0.15, 0.2) is 30.3 Å². The Morgan fingerprint density at radius 2 is 1.68 bits per heavy atom. The molecule has 0 aromatic heterocycles. The molecule has 0 saturated carbocycles. The molecule has 0 aliphatic rings. The first-order valence-electron chi connectivity index (χ1n) is 5.18. The lowest BCUT2D eigenvalue weighted by Crippen LogP contribution is -1.95. The summed E-state index contributed by atoms with van der Waals surface area (Å²) in [4.78, 5) is 0. The third-order valence-corrected chi connectivity index (χ3v) is 3.26. The van der Waals surface area contributed by atoms with Gasteiger partial charge in [-0.15, -0.1) is 0 Å². The molecule has 0 heterocycles.